The number of nitrogens with one attached hydrogen (secondary N) is 6. The van der Waals surface area contributed by atoms with Crippen molar-refractivity contribution in [2.75, 3.05) is 165 Å². The van der Waals surface area contributed by atoms with Crippen molar-refractivity contribution in [2.45, 2.75) is 134 Å². The van der Waals surface area contributed by atoms with Gasteiger partial charge in [-0.15, -0.1) is 0 Å². The van der Waals surface area contributed by atoms with Crippen LogP contribution in [0.3, 0.4) is 0 Å². The minimum atomic E-state index is -1.19. The fraction of sp³-hybridized carbons (Fsp3) is 0.836. The maximum atomic E-state index is 12.4. The summed E-state index contributed by atoms with van der Waals surface area (Å²) in [7, 11) is 0. The van der Waals surface area contributed by atoms with Crippen molar-refractivity contribution < 1.29 is 101 Å². The van der Waals surface area contributed by atoms with Crippen LogP contribution >= 0.6 is 0 Å². The number of aliphatic carboxylic acids is 2. The summed E-state index contributed by atoms with van der Waals surface area (Å²) in [4.78, 5) is 105. The van der Waals surface area contributed by atoms with Gasteiger partial charge in [0.25, 0.3) is 0 Å². The summed E-state index contributed by atoms with van der Waals surface area (Å²) in [5.41, 5.74) is 0. The van der Waals surface area contributed by atoms with Gasteiger partial charge in [0, 0.05) is 52.0 Å². The predicted molar refractivity (Wildman–Crippen MR) is 299 cm³/mol. The van der Waals surface area contributed by atoms with Crippen molar-refractivity contribution in [3.8, 4) is 0 Å². The van der Waals surface area contributed by atoms with Crippen molar-refractivity contribution in [2.24, 2.45) is 0 Å². The summed E-state index contributed by atoms with van der Waals surface area (Å²) in [6, 6.07) is -1.15. The second kappa shape index (κ2) is 60.6. The zero-order chi connectivity index (χ0) is 60.0. The molecule has 82 heavy (non-hydrogen) atoms. The van der Waals surface area contributed by atoms with Gasteiger partial charge in [0.1, 0.15) is 45.4 Å². The maximum absolute atomic E-state index is 12.4. The van der Waals surface area contributed by atoms with Gasteiger partial charge in [-0.25, -0.2) is 4.79 Å². The standard InChI is InChI=1S/C55H100N6O21/c62-26-32-78-34-33-73-28-22-57-50(65)43-80-40-36-75-30-24-59-52(67)45-82-42-38-77-31-25-60-53(68)46-81-41-37-76-29-23-58-51(66)44-79-39-35-74-27-21-56-48(63)20-19-47(55(71)72)61-49(64)17-15-13-11-9-7-5-3-1-2-4-6-8-10-12-14-16-18-54(69)70/h26,47H,1-25,27-46H2,(H,56,63)(H,57,65)(H,58,66)(H,59,67)(H,60,68)(H,61,64)(H,69,70)(H,71,72)/t47-/m0/s1. The first-order chi connectivity index (χ1) is 39.9. The van der Waals surface area contributed by atoms with E-state index in [1.165, 1.54) is 57.8 Å². The monoisotopic (exact) mass is 1180 g/mol. The van der Waals surface area contributed by atoms with Crippen LogP contribution in [-0.4, -0.2) is 235 Å². The van der Waals surface area contributed by atoms with E-state index in [4.69, 9.17) is 52.5 Å². The highest BCUT2D eigenvalue weighted by Gasteiger charge is 2.21. The maximum Gasteiger partial charge on any atom is 0.326 e. The van der Waals surface area contributed by atoms with E-state index in [0.717, 1.165) is 38.5 Å². The number of carbonyl (C=O) groups is 9. The van der Waals surface area contributed by atoms with Gasteiger partial charge in [-0.3, -0.25) is 33.6 Å². The molecule has 0 spiro atoms. The molecule has 0 unspecified atom stereocenters. The van der Waals surface area contributed by atoms with Gasteiger partial charge in [0.05, 0.1) is 99.1 Å². The minimum Gasteiger partial charge on any atom is -0.481 e. The summed E-state index contributed by atoms with van der Waals surface area (Å²) in [6.45, 7) is 4.04. The van der Waals surface area contributed by atoms with E-state index < -0.39 is 18.0 Å². The molecule has 0 heterocycles. The number of rotatable bonds is 64. The Balaban J connectivity index is 3.56. The fourth-order valence-electron chi connectivity index (χ4n) is 7.33. The van der Waals surface area contributed by atoms with Crippen molar-refractivity contribution in [1.82, 2.24) is 31.9 Å². The second-order valence-corrected chi connectivity index (χ2v) is 18.8. The van der Waals surface area contributed by atoms with Crippen molar-refractivity contribution in [3.63, 3.8) is 0 Å². The van der Waals surface area contributed by atoms with Gasteiger partial charge in [-0.2, -0.15) is 0 Å². The third kappa shape index (κ3) is 59.6. The molecule has 0 aliphatic carbocycles. The minimum absolute atomic E-state index is 0.0240. The van der Waals surface area contributed by atoms with Crippen molar-refractivity contribution >= 4 is 53.7 Å². The van der Waals surface area contributed by atoms with Crippen LogP contribution in [0.25, 0.3) is 0 Å². The molecule has 0 radical (unpaired) electrons. The Morgan fingerprint density at radius 1 is 0.317 bits per heavy atom. The lowest BCUT2D eigenvalue weighted by atomic mass is 10.0. The molecule has 1 atom stereocenters. The Bertz CT molecular complexity index is 1640. The Labute approximate surface area is 484 Å². The zero-order valence-corrected chi connectivity index (χ0v) is 48.6. The summed E-state index contributed by atoms with van der Waals surface area (Å²) in [5.74, 6) is -3.89. The first kappa shape index (κ1) is 77.0. The molecule has 0 bridgehead atoms. The van der Waals surface area contributed by atoms with E-state index in [9.17, 15) is 48.3 Å². The number of carbonyl (C=O) groups excluding carboxylic acids is 7. The number of unbranched alkanes of at least 4 members (excludes halogenated alkanes) is 15. The molecule has 0 saturated heterocycles. The third-order valence-electron chi connectivity index (χ3n) is 11.7. The molecule has 0 aromatic heterocycles. The smallest absolute Gasteiger partial charge is 0.326 e. The van der Waals surface area contributed by atoms with Crippen molar-refractivity contribution in [1.29, 1.82) is 0 Å². The molecular weight excluding hydrogens is 1080 g/mol. The molecule has 0 rings (SSSR count). The van der Waals surface area contributed by atoms with E-state index in [2.05, 4.69) is 31.9 Å². The quantitative estimate of drug-likeness (QED) is 0.0315. The van der Waals surface area contributed by atoms with E-state index in [1.54, 1.807) is 0 Å². The van der Waals surface area contributed by atoms with Gasteiger partial charge in [0.2, 0.25) is 35.4 Å². The largest absolute Gasteiger partial charge is 0.481 e. The second-order valence-electron chi connectivity index (χ2n) is 18.8. The number of hydrogen-bond donors (Lipinski definition) is 8. The molecule has 0 saturated carbocycles. The molecular formula is C55H100N6O21. The Hall–Kier alpha value is -4.97. The van der Waals surface area contributed by atoms with Crippen LogP contribution in [-0.2, 0) is 90.5 Å². The molecule has 8 N–H and O–H groups in total. The van der Waals surface area contributed by atoms with Crippen molar-refractivity contribution in [3.05, 3.63) is 0 Å². The van der Waals surface area contributed by atoms with Crippen LogP contribution in [0.4, 0.5) is 0 Å². The molecule has 0 aromatic rings. The Morgan fingerprint density at radius 2 is 0.598 bits per heavy atom. The van der Waals surface area contributed by atoms with Crippen LogP contribution in [0.1, 0.15) is 128 Å². The lowest BCUT2D eigenvalue weighted by Crippen LogP contribution is -2.41. The van der Waals surface area contributed by atoms with E-state index in [0.29, 0.717) is 39.1 Å². The molecule has 0 aliphatic rings. The Kier molecular flexibility index (Phi) is 56.9. The van der Waals surface area contributed by atoms with Crippen LogP contribution in [0.15, 0.2) is 0 Å². The highest BCUT2D eigenvalue weighted by atomic mass is 16.5. The number of carboxylic acids is 2. The first-order valence-electron chi connectivity index (χ1n) is 29.2. The first-order valence-corrected chi connectivity index (χ1v) is 29.2. The topological polar surface area (TPSA) is 359 Å². The number of aldehydes is 1. The number of ether oxygens (including phenoxy) is 10. The lowest BCUT2D eigenvalue weighted by molar-refractivity contribution is -0.142. The normalized spacial score (nSPS) is 11.4. The SMILES string of the molecule is O=CCOCCOCCNC(=O)COCCOCCNC(=O)COCCOCCNC(=O)COCCOCCNC(=O)COCCOCCNC(=O)CC[C@H](NC(=O)CCCCCCCCCCCCCCCCCCC(=O)O)C(=O)O. The molecule has 6 amide bonds. The molecule has 27 heteroatoms. The lowest BCUT2D eigenvalue weighted by Gasteiger charge is -2.14. The molecule has 0 aromatic carbocycles. The fourth-order valence-corrected chi connectivity index (χ4v) is 7.33. The van der Waals surface area contributed by atoms with Gasteiger partial charge < -0.3 is 94.3 Å². The van der Waals surface area contributed by atoms with Crippen LogP contribution in [0.2, 0.25) is 0 Å². The van der Waals surface area contributed by atoms with Crippen LogP contribution < -0.4 is 31.9 Å². The number of carboxylic acid groups (broad SMARTS) is 2. The summed E-state index contributed by atoms with van der Waals surface area (Å²) >= 11 is 0. The van der Waals surface area contributed by atoms with Gasteiger partial charge >= 0.3 is 11.9 Å². The molecule has 27 nitrogen and oxygen atoms in total. The van der Waals surface area contributed by atoms with E-state index in [1.807, 2.05) is 0 Å². The van der Waals surface area contributed by atoms with Gasteiger partial charge in [0.15, 0.2) is 0 Å². The van der Waals surface area contributed by atoms with E-state index in [-0.39, 0.29) is 200 Å². The predicted octanol–water partition coefficient (Wildman–Crippen LogP) is 1.39. The molecule has 0 fully saturated rings. The highest BCUT2D eigenvalue weighted by Crippen LogP contribution is 2.14. The van der Waals surface area contributed by atoms with E-state index >= 15 is 0 Å². The number of hydrogen-bond acceptors (Lipinski definition) is 19. The number of amides is 6. The average Bonchev–Trinajstić information content (AvgIpc) is 3.45. The van der Waals surface area contributed by atoms with Crippen LogP contribution in [0.5, 0.6) is 0 Å². The molecule has 476 valence electrons. The highest BCUT2D eigenvalue weighted by molar-refractivity contribution is 5.84. The summed E-state index contributed by atoms with van der Waals surface area (Å²) < 4.78 is 52.8. The third-order valence-corrected chi connectivity index (χ3v) is 11.7. The summed E-state index contributed by atoms with van der Waals surface area (Å²) in [5, 5.41) is 34.0. The molecule has 0 aliphatic heterocycles. The Morgan fingerprint density at radius 3 is 0.902 bits per heavy atom. The van der Waals surface area contributed by atoms with Crippen LogP contribution in [0, 0.1) is 0 Å². The van der Waals surface area contributed by atoms with Gasteiger partial charge in [-0.1, -0.05) is 89.9 Å². The summed E-state index contributed by atoms with van der Waals surface area (Å²) in [6.07, 6.45) is 18.8. The zero-order valence-electron chi connectivity index (χ0n) is 48.6. The average molecular weight is 1180 g/mol. The van der Waals surface area contributed by atoms with Gasteiger partial charge in [-0.05, 0) is 19.3 Å².